The zero-order chi connectivity index (χ0) is 15.2. The van der Waals surface area contributed by atoms with Crippen molar-refractivity contribution < 1.29 is 14.4 Å². The Hall–Kier alpha value is -2.38. The lowest BCUT2D eigenvalue weighted by Gasteiger charge is -2.10. The van der Waals surface area contributed by atoms with E-state index in [9.17, 15) is 15.2 Å². The van der Waals surface area contributed by atoms with Crippen molar-refractivity contribution in [2.45, 2.75) is 12.6 Å². The molecular weight excluding hydrogens is 274 g/mol. The lowest BCUT2D eigenvalue weighted by atomic mass is 10.1. The van der Waals surface area contributed by atoms with Crippen LogP contribution in [0.5, 0.6) is 0 Å². The predicted molar refractivity (Wildman–Crippen MR) is 78.0 cm³/mol. The van der Waals surface area contributed by atoms with Crippen LogP contribution in [0.1, 0.15) is 17.4 Å². The maximum absolute atomic E-state index is 11.0. The number of nitro benzene ring substituents is 1. The van der Waals surface area contributed by atoms with Gasteiger partial charge in [0.05, 0.1) is 11.2 Å². The van der Waals surface area contributed by atoms with Crippen molar-refractivity contribution in [3.8, 4) is 0 Å². The molecule has 7 nitrogen and oxygen atoms in total. The number of rotatable bonds is 7. The van der Waals surface area contributed by atoms with Gasteiger partial charge in [-0.15, -0.1) is 0 Å². The molecule has 0 radical (unpaired) electrons. The molecule has 2 rings (SSSR count). The summed E-state index contributed by atoms with van der Waals surface area (Å²) >= 11 is 0. The standard InChI is InChI=1S/C14H17N3O4/c1-15-11-5-4-10(7-12(11)17(19)20)8-16-9-13(18)14-3-2-6-21-14/h2-7,13,15-16,18H,8-9H2,1H3. The van der Waals surface area contributed by atoms with Crippen LogP contribution in [0.3, 0.4) is 0 Å². The number of aliphatic hydroxyl groups is 1. The highest BCUT2D eigenvalue weighted by atomic mass is 16.6. The van der Waals surface area contributed by atoms with E-state index in [0.717, 1.165) is 5.56 Å². The van der Waals surface area contributed by atoms with E-state index in [4.69, 9.17) is 4.42 Å². The highest BCUT2D eigenvalue weighted by Crippen LogP contribution is 2.25. The molecule has 2 aromatic rings. The first kappa shape index (κ1) is 15.0. The van der Waals surface area contributed by atoms with Crippen LogP contribution < -0.4 is 10.6 Å². The maximum atomic E-state index is 11.0. The van der Waals surface area contributed by atoms with Crippen molar-refractivity contribution >= 4 is 11.4 Å². The molecule has 7 heteroatoms. The van der Waals surface area contributed by atoms with Crippen molar-refractivity contribution in [3.63, 3.8) is 0 Å². The fourth-order valence-corrected chi connectivity index (χ4v) is 1.98. The van der Waals surface area contributed by atoms with Crippen LogP contribution in [0.15, 0.2) is 41.0 Å². The third-order valence-electron chi connectivity index (χ3n) is 3.07. The normalized spacial score (nSPS) is 12.1. The average molecular weight is 291 g/mol. The molecule has 3 N–H and O–H groups in total. The molecule has 0 fully saturated rings. The zero-order valence-electron chi connectivity index (χ0n) is 11.6. The van der Waals surface area contributed by atoms with E-state index < -0.39 is 11.0 Å². The van der Waals surface area contributed by atoms with Crippen LogP contribution in [-0.2, 0) is 6.54 Å². The Kier molecular flexibility index (Phi) is 4.91. The number of nitrogens with one attached hydrogen (secondary N) is 2. The van der Waals surface area contributed by atoms with Gasteiger partial charge >= 0.3 is 0 Å². The fraction of sp³-hybridized carbons (Fsp3) is 0.286. The van der Waals surface area contributed by atoms with E-state index in [1.165, 1.54) is 12.3 Å². The van der Waals surface area contributed by atoms with E-state index >= 15 is 0 Å². The van der Waals surface area contributed by atoms with Crippen LogP contribution in [0.25, 0.3) is 0 Å². The smallest absolute Gasteiger partial charge is 0.292 e. The van der Waals surface area contributed by atoms with Crippen LogP contribution in [0.2, 0.25) is 0 Å². The molecule has 1 aromatic carbocycles. The summed E-state index contributed by atoms with van der Waals surface area (Å²) in [6, 6.07) is 8.37. The third-order valence-corrected chi connectivity index (χ3v) is 3.07. The summed E-state index contributed by atoms with van der Waals surface area (Å²) in [6.45, 7) is 0.720. The number of nitro groups is 1. The monoisotopic (exact) mass is 291 g/mol. The summed E-state index contributed by atoms with van der Waals surface area (Å²) in [5, 5.41) is 26.6. The molecule has 0 aliphatic carbocycles. The number of furan rings is 1. The van der Waals surface area contributed by atoms with Gasteiger partial charge in [-0.2, -0.15) is 0 Å². The molecule has 0 spiro atoms. The number of anilines is 1. The summed E-state index contributed by atoms with van der Waals surface area (Å²) in [7, 11) is 1.64. The SMILES string of the molecule is CNc1ccc(CNCC(O)c2ccco2)cc1[N+](=O)[O-]. The minimum Gasteiger partial charge on any atom is -0.467 e. The Morgan fingerprint density at radius 3 is 2.86 bits per heavy atom. The molecule has 1 aromatic heterocycles. The van der Waals surface area contributed by atoms with Crippen LogP contribution in [0, 0.1) is 10.1 Å². The van der Waals surface area contributed by atoms with E-state index in [2.05, 4.69) is 10.6 Å². The van der Waals surface area contributed by atoms with Gasteiger partial charge in [0, 0.05) is 26.2 Å². The van der Waals surface area contributed by atoms with Gasteiger partial charge in [-0.1, -0.05) is 6.07 Å². The van der Waals surface area contributed by atoms with Crippen molar-refractivity contribution in [2.75, 3.05) is 18.9 Å². The number of hydrogen-bond acceptors (Lipinski definition) is 6. The van der Waals surface area contributed by atoms with Gasteiger partial charge in [0.15, 0.2) is 0 Å². The fourth-order valence-electron chi connectivity index (χ4n) is 1.98. The lowest BCUT2D eigenvalue weighted by Crippen LogP contribution is -2.20. The molecule has 0 saturated carbocycles. The first-order valence-electron chi connectivity index (χ1n) is 6.49. The second-order valence-electron chi connectivity index (χ2n) is 4.52. The van der Waals surface area contributed by atoms with Gasteiger partial charge in [0.1, 0.15) is 17.6 Å². The van der Waals surface area contributed by atoms with Gasteiger partial charge in [-0.25, -0.2) is 0 Å². The maximum Gasteiger partial charge on any atom is 0.292 e. The number of nitrogens with zero attached hydrogens (tertiary/aromatic N) is 1. The Morgan fingerprint density at radius 2 is 2.24 bits per heavy atom. The minimum atomic E-state index is -0.744. The predicted octanol–water partition coefficient (Wildman–Crippen LogP) is 2.05. The molecule has 0 amide bonds. The van der Waals surface area contributed by atoms with Gasteiger partial charge < -0.3 is 20.2 Å². The molecule has 0 bridgehead atoms. The summed E-state index contributed by atoms with van der Waals surface area (Å²) in [6.07, 6.45) is 0.754. The second kappa shape index (κ2) is 6.87. The molecule has 0 aliphatic rings. The second-order valence-corrected chi connectivity index (χ2v) is 4.52. The lowest BCUT2D eigenvalue weighted by molar-refractivity contribution is -0.384. The van der Waals surface area contributed by atoms with Crippen LogP contribution in [0.4, 0.5) is 11.4 Å². The van der Waals surface area contributed by atoms with Crippen molar-refractivity contribution in [1.82, 2.24) is 5.32 Å². The zero-order valence-corrected chi connectivity index (χ0v) is 11.6. The Morgan fingerprint density at radius 1 is 1.43 bits per heavy atom. The van der Waals surface area contributed by atoms with Gasteiger partial charge in [-0.05, 0) is 23.8 Å². The van der Waals surface area contributed by atoms with Gasteiger partial charge in [0.25, 0.3) is 5.69 Å². The largest absolute Gasteiger partial charge is 0.467 e. The highest BCUT2D eigenvalue weighted by molar-refractivity contribution is 5.62. The molecular formula is C14H17N3O4. The van der Waals surface area contributed by atoms with E-state index in [0.29, 0.717) is 24.5 Å². The van der Waals surface area contributed by atoms with Crippen molar-refractivity contribution in [3.05, 3.63) is 58.0 Å². The highest BCUT2D eigenvalue weighted by Gasteiger charge is 2.14. The van der Waals surface area contributed by atoms with Crippen molar-refractivity contribution in [1.29, 1.82) is 0 Å². The summed E-state index contributed by atoms with van der Waals surface area (Å²) in [4.78, 5) is 10.5. The first-order chi connectivity index (χ1) is 10.1. The van der Waals surface area contributed by atoms with Crippen LogP contribution in [-0.4, -0.2) is 23.6 Å². The van der Waals surface area contributed by atoms with Gasteiger partial charge in [0.2, 0.25) is 0 Å². The van der Waals surface area contributed by atoms with E-state index in [1.807, 2.05) is 0 Å². The molecule has 0 aliphatic heterocycles. The van der Waals surface area contributed by atoms with Gasteiger partial charge in [-0.3, -0.25) is 10.1 Å². The summed E-state index contributed by atoms with van der Waals surface area (Å²) in [5.74, 6) is 0.485. The molecule has 1 unspecified atom stereocenters. The Labute approximate surface area is 121 Å². The minimum absolute atomic E-state index is 0.0309. The molecule has 112 valence electrons. The van der Waals surface area contributed by atoms with Crippen LogP contribution >= 0.6 is 0 Å². The van der Waals surface area contributed by atoms with E-state index in [1.54, 1.807) is 31.3 Å². The Balaban J connectivity index is 1.94. The summed E-state index contributed by atoms with van der Waals surface area (Å²) in [5.41, 5.74) is 1.27. The molecule has 21 heavy (non-hydrogen) atoms. The molecule has 1 atom stereocenters. The molecule has 0 saturated heterocycles. The Bertz CT molecular complexity index is 598. The molecule has 1 heterocycles. The number of aliphatic hydroxyl groups excluding tert-OH is 1. The summed E-state index contributed by atoms with van der Waals surface area (Å²) < 4.78 is 5.09. The third kappa shape index (κ3) is 3.80. The topological polar surface area (TPSA) is 101 Å². The van der Waals surface area contributed by atoms with Crippen molar-refractivity contribution in [2.24, 2.45) is 0 Å². The first-order valence-corrected chi connectivity index (χ1v) is 6.49. The number of benzene rings is 1. The quantitative estimate of drug-likeness (QED) is 0.533. The number of hydrogen-bond donors (Lipinski definition) is 3. The van der Waals surface area contributed by atoms with E-state index in [-0.39, 0.29) is 5.69 Å². The average Bonchev–Trinajstić information content (AvgIpc) is 3.01.